The zero-order chi connectivity index (χ0) is 17.3. The van der Waals surface area contributed by atoms with E-state index in [0.29, 0.717) is 58.6 Å². The zero-order valence-corrected chi connectivity index (χ0v) is 14.9. The van der Waals surface area contributed by atoms with Crippen LogP contribution in [-0.2, 0) is 23.7 Å². The normalized spacial score (nSPS) is 11.2. The maximum Gasteiger partial charge on any atom is 0.224 e. The van der Waals surface area contributed by atoms with Crippen molar-refractivity contribution in [2.75, 3.05) is 66.6 Å². The monoisotopic (exact) mass is 334 g/mol. The van der Waals surface area contributed by atoms with E-state index >= 15 is 0 Å². The molecule has 7 nitrogen and oxygen atoms in total. The van der Waals surface area contributed by atoms with Crippen LogP contribution in [0.3, 0.4) is 0 Å². The second-order valence-electron chi connectivity index (χ2n) is 5.66. The van der Waals surface area contributed by atoms with Crippen LogP contribution in [-0.4, -0.2) is 77.4 Å². The van der Waals surface area contributed by atoms with Crippen LogP contribution in [0.4, 0.5) is 0 Å². The van der Waals surface area contributed by atoms with Crippen LogP contribution in [0.1, 0.15) is 26.7 Å². The third-order valence-electron chi connectivity index (χ3n) is 3.16. The number of nitrogens with zero attached hydrogens (tertiary/aromatic N) is 1. The van der Waals surface area contributed by atoms with Crippen LogP contribution in [0, 0.1) is 5.92 Å². The van der Waals surface area contributed by atoms with Gasteiger partial charge in [-0.2, -0.15) is 0 Å². The highest BCUT2D eigenvalue weighted by atomic mass is 16.6. The van der Waals surface area contributed by atoms with Gasteiger partial charge in [0.15, 0.2) is 0 Å². The van der Waals surface area contributed by atoms with E-state index in [1.165, 1.54) is 0 Å². The Morgan fingerprint density at radius 3 is 1.87 bits per heavy atom. The predicted octanol–water partition coefficient (Wildman–Crippen LogP) is 0.864. The van der Waals surface area contributed by atoms with E-state index in [4.69, 9.17) is 24.7 Å². The molecule has 0 unspecified atom stereocenters. The number of nitrogens with two attached hydrogens (primary N) is 1. The van der Waals surface area contributed by atoms with Crippen molar-refractivity contribution < 1.29 is 23.7 Å². The van der Waals surface area contributed by atoms with Gasteiger partial charge in [0, 0.05) is 13.6 Å². The summed E-state index contributed by atoms with van der Waals surface area (Å²) in [6.07, 6.45) is 1.44. The third kappa shape index (κ3) is 15.9. The number of carbonyl (C=O) groups is 1. The molecule has 7 heteroatoms. The van der Waals surface area contributed by atoms with E-state index in [0.717, 1.165) is 13.0 Å². The minimum absolute atomic E-state index is 0.125. The fourth-order valence-corrected chi connectivity index (χ4v) is 1.67. The van der Waals surface area contributed by atoms with Crippen molar-refractivity contribution in [3.05, 3.63) is 0 Å². The van der Waals surface area contributed by atoms with Gasteiger partial charge in [-0.3, -0.25) is 4.79 Å². The molecular formula is C16H34N2O5. The van der Waals surface area contributed by atoms with Crippen LogP contribution in [0.15, 0.2) is 0 Å². The maximum atomic E-state index is 11.8. The van der Waals surface area contributed by atoms with E-state index in [1.807, 2.05) is 7.05 Å². The van der Waals surface area contributed by atoms with Crippen LogP contribution < -0.4 is 5.73 Å². The Hall–Kier alpha value is -0.730. The molecular weight excluding hydrogens is 300 g/mol. The first-order valence-corrected chi connectivity index (χ1v) is 8.33. The quantitative estimate of drug-likeness (QED) is 0.333. The first kappa shape index (κ1) is 22.3. The summed E-state index contributed by atoms with van der Waals surface area (Å²) in [5, 5.41) is 0. The van der Waals surface area contributed by atoms with Gasteiger partial charge in [-0.05, 0) is 12.3 Å². The minimum atomic E-state index is 0.125. The second-order valence-corrected chi connectivity index (χ2v) is 5.66. The largest absolute Gasteiger partial charge is 0.379 e. The molecule has 0 atom stereocenters. The number of rotatable bonds is 16. The predicted molar refractivity (Wildman–Crippen MR) is 89.2 cm³/mol. The smallest absolute Gasteiger partial charge is 0.224 e. The van der Waals surface area contributed by atoms with E-state index in [2.05, 4.69) is 13.8 Å². The van der Waals surface area contributed by atoms with Crippen LogP contribution in [0.2, 0.25) is 0 Å². The lowest BCUT2D eigenvalue weighted by atomic mass is 10.1. The van der Waals surface area contributed by atoms with Gasteiger partial charge in [-0.1, -0.05) is 13.8 Å². The zero-order valence-electron chi connectivity index (χ0n) is 14.9. The molecule has 0 fully saturated rings. The van der Waals surface area contributed by atoms with Crippen molar-refractivity contribution in [2.45, 2.75) is 26.7 Å². The van der Waals surface area contributed by atoms with E-state index in [-0.39, 0.29) is 12.6 Å². The Kier molecular flexibility index (Phi) is 15.6. The highest BCUT2D eigenvalue weighted by Gasteiger charge is 2.08. The summed E-state index contributed by atoms with van der Waals surface area (Å²) < 4.78 is 20.9. The summed E-state index contributed by atoms with van der Waals surface area (Å²) in [5.41, 5.74) is 5.17. The Balaban J connectivity index is 3.27. The van der Waals surface area contributed by atoms with Gasteiger partial charge < -0.3 is 29.6 Å². The van der Waals surface area contributed by atoms with E-state index < -0.39 is 0 Å². The van der Waals surface area contributed by atoms with E-state index in [1.54, 1.807) is 4.90 Å². The van der Waals surface area contributed by atoms with Crippen LogP contribution in [0.25, 0.3) is 0 Å². The van der Waals surface area contributed by atoms with Gasteiger partial charge in [0.25, 0.3) is 0 Å². The second kappa shape index (κ2) is 16.1. The Morgan fingerprint density at radius 2 is 1.39 bits per heavy atom. The lowest BCUT2D eigenvalue weighted by Crippen LogP contribution is -2.29. The molecule has 0 aromatic carbocycles. The number of hydrogen-bond acceptors (Lipinski definition) is 6. The lowest BCUT2D eigenvalue weighted by Gasteiger charge is -2.18. The molecule has 0 spiro atoms. The molecule has 0 aliphatic carbocycles. The lowest BCUT2D eigenvalue weighted by molar-refractivity contribution is -0.131. The molecule has 2 N–H and O–H groups in total. The molecule has 1 amide bonds. The van der Waals surface area contributed by atoms with Crippen molar-refractivity contribution >= 4 is 5.91 Å². The first-order valence-electron chi connectivity index (χ1n) is 8.33. The average molecular weight is 334 g/mol. The number of hydrogen-bond donors (Lipinski definition) is 1. The Bertz CT molecular complexity index is 277. The summed E-state index contributed by atoms with van der Waals surface area (Å²) in [6.45, 7) is 8.79. The first-order chi connectivity index (χ1) is 11.1. The maximum absolute atomic E-state index is 11.8. The minimum Gasteiger partial charge on any atom is -0.379 e. The summed E-state index contributed by atoms with van der Waals surface area (Å²) in [6, 6.07) is 0. The topological polar surface area (TPSA) is 83.2 Å². The standard InChI is InChI=1S/C16H34N2O5/c1-15(2)4-6-18(3)16(19)5-7-20-8-9-21-10-11-22-12-13-23-14-17/h15H,4-14,17H2,1-3H3. The van der Waals surface area contributed by atoms with Crippen LogP contribution in [0.5, 0.6) is 0 Å². The van der Waals surface area contributed by atoms with Gasteiger partial charge in [0.05, 0.1) is 59.4 Å². The molecule has 0 aromatic rings. The summed E-state index contributed by atoms with van der Waals surface area (Å²) >= 11 is 0. The molecule has 0 heterocycles. The van der Waals surface area contributed by atoms with Crippen molar-refractivity contribution in [1.82, 2.24) is 4.90 Å². The van der Waals surface area contributed by atoms with E-state index in [9.17, 15) is 4.79 Å². The molecule has 0 bridgehead atoms. The average Bonchev–Trinajstić information content (AvgIpc) is 2.53. The molecule has 0 radical (unpaired) electrons. The molecule has 0 saturated heterocycles. The number of carbonyl (C=O) groups excluding carboxylic acids is 1. The SMILES string of the molecule is CC(C)CCN(C)C(=O)CCOCCOCCOCCOCN. The number of ether oxygens (including phenoxy) is 4. The van der Waals surface area contributed by atoms with Gasteiger partial charge in [-0.25, -0.2) is 0 Å². The molecule has 0 aliphatic rings. The third-order valence-corrected chi connectivity index (χ3v) is 3.16. The Morgan fingerprint density at radius 1 is 0.913 bits per heavy atom. The van der Waals surface area contributed by atoms with Crippen LogP contribution >= 0.6 is 0 Å². The Labute approximate surface area is 140 Å². The summed E-state index contributed by atoms with van der Waals surface area (Å²) in [5.74, 6) is 0.732. The highest BCUT2D eigenvalue weighted by molar-refractivity contribution is 5.75. The number of amides is 1. The molecule has 0 aliphatic heterocycles. The van der Waals surface area contributed by atoms with Crippen molar-refractivity contribution in [3.8, 4) is 0 Å². The fraction of sp³-hybridized carbons (Fsp3) is 0.938. The molecule has 0 saturated carbocycles. The van der Waals surface area contributed by atoms with Crippen molar-refractivity contribution in [1.29, 1.82) is 0 Å². The fourth-order valence-electron chi connectivity index (χ4n) is 1.67. The highest BCUT2D eigenvalue weighted by Crippen LogP contribution is 2.02. The molecule has 0 rings (SSSR count). The summed E-state index contributed by atoms with van der Waals surface area (Å²) in [4.78, 5) is 13.6. The molecule has 23 heavy (non-hydrogen) atoms. The van der Waals surface area contributed by atoms with Gasteiger partial charge in [0.1, 0.15) is 0 Å². The van der Waals surface area contributed by atoms with Gasteiger partial charge >= 0.3 is 0 Å². The van der Waals surface area contributed by atoms with Gasteiger partial charge in [0.2, 0.25) is 5.91 Å². The van der Waals surface area contributed by atoms with Crippen molar-refractivity contribution in [3.63, 3.8) is 0 Å². The molecule has 138 valence electrons. The van der Waals surface area contributed by atoms with Crippen molar-refractivity contribution in [2.24, 2.45) is 11.7 Å². The molecule has 0 aromatic heterocycles. The summed E-state index contributed by atoms with van der Waals surface area (Å²) in [7, 11) is 1.84. The van der Waals surface area contributed by atoms with Gasteiger partial charge in [-0.15, -0.1) is 0 Å².